The number of anilines is 1. The summed E-state index contributed by atoms with van der Waals surface area (Å²) in [6, 6.07) is 7.29. The zero-order valence-electron chi connectivity index (χ0n) is 10.5. The quantitative estimate of drug-likeness (QED) is 0.817. The predicted molar refractivity (Wildman–Crippen MR) is 79.4 cm³/mol. The maximum absolute atomic E-state index is 11.4. The molecule has 0 bridgehead atoms. The molecule has 2 N–H and O–H groups in total. The third kappa shape index (κ3) is 3.81. The molecule has 1 fully saturated rings. The van der Waals surface area contributed by atoms with Crippen LogP contribution in [0.2, 0.25) is 0 Å². The number of sulfone groups is 1. The first-order valence-corrected chi connectivity index (χ1v) is 8.14. The summed E-state index contributed by atoms with van der Waals surface area (Å²) in [5.41, 5.74) is 0.753. The highest BCUT2D eigenvalue weighted by Crippen LogP contribution is 2.23. The normalized spacial score (nSPS) is 20.8. The van der Waals surface area contributed by atoms with Crippen LogP contribution in [0.4, 0.5) is 5.69 Å². The van der Waals surface area contributed by atoms with Gasteiger partial charge in [-0.2, -0.15) is 0 Å². The van der Waals surface area contributed by atoms with Crippen LogP contribution in [-0.2, 0) is 9.84 Å². The van der Waals surface area contributed by atoms with Crippen LogP contribution in [-0.4, -0.2) is 38.2 Å². The van der Waals surface area contributed by atoms with Gasteiger partial charge in [0.05, 0.1) is 24.3 Å². The summed E-state index contributed by atoms with van der Waals surface area (Å²) in [5, 5.41) is 6.44. The summed E-state index contributed by atoms with van der Waals surface area (Å²) in [5.74, 6) is 1.05. The van der Waals surface area contributed by atoms with Crippen LogP contribution >= 0.6 is 12.2 Å². The van der Waals surface area contributed by atoms with Gasteiger partial charge in [-0.05, 0) is 30.8 Å². The summed E-state index contributed by atoms with van der Waals surface area (Å²) in [6.45, 7) is 0. The van der Waals surface area contributed by atoms with E-state index in [9.17, 15) is 8.42 Å². The van der Waals surface area contributed by atoms with Crippen molar-refractivity contribution in [2.24, 2.45) is 0 Å². The molecule has 0 aliphatic carbocycles. The Hall–Kier alpha value is -1.34. The van der Waals surface area contributed by atoms with Crippen LogP contribution in [0.15, 0.2) is 24.3 Å². The van der Waals surface area contributed by atoms with Crippen LogP contribution in [0.25, 0.3) is 0 Å². The minimum absolute atomic E-state index is 0.111. The fraction of sp³-hybridized carbons (Fsp3) is 0.417. The van der Waals surface area contributed by atoms with E-state index in [4.69, 9.17) is 17.0 Å². The molecule has 5 nitrogen and oxygen atoms in total. The molecular weight excluding hydrogens is 284 g/mol. The van der Waals surface area contributed by atoms with Gasteiger partial charge in [-0.1, -0.05) is 12.1 Å². The van der Waals surface area contributed by atoms with Crippen molar-refractivity contribution in [2.75, 3.05) is 23.9 Å². The minimum Gasteiger partial charge on any atom is -0.495 e. The second-order valence-corrected chi connectivity index (χ2v) is 7.04. The fourth-order valence-corrected chi connectivity index (χ4v) is 3.95. The number of hydrogen-bond acceptors (Lipinski definition) is 4. The Morgan fingerprint density at radius 3 is 2.79 bits per heavy atom. The topological polar surface area (TPSA) is 67.4 Å². The minimum atomic E-state index is -2.90. The van der Waals surface area contributed by atoms with Crippen molar-refractivity contribution in [3.8, 4) is 5.75 Å². The fourth-order valence-electron chi connectivity index (χ4n) is 2.00. The van der Waals surface area contributed by atoms with Crippen LogP contribution < -0.4 is 15.4 Å². The number of nitrogens with one attached hydrogen (secondary N) is 2. The van der Waals surface area contributed by atoms with Gasteiger partial charge in [-0.25, -0.2) is 8.42 Å². The van der Waals surface area contributed by atoms with Crippen molar-refractivity contribution >= 4 is 32.9 Å². The van der Waals surface area contributed by atoms with E-state index in [0.717, 1.165) is 5.69 Å². The lowest BCUT2D eigenvalue weighted by atomic mass is 10.2. The Morgan fingerprint density at radius 2 is 2.16 bits per heavy atom. The maximum atomic E-state index is 11.4. The van der Waals surface area contributed by atoms with Crippen molar-refractivity contribution < 1.29 is 13.2 Å². The van der Waals surface area contributed by atoms with Gasteiger partial charge >= 0.3 is 0 Å². The third-order valence-corrected chi connectivity index (χ3v) is 4.91. The molecule has 1 atom stereocenters. The molecule has 0 aromatic heterocycles. The monoisotopic (exact) mass is 300 g/mol. The Balaban J connectivity index is 1.95. The van der Waals surface area contributed by atoms with Crippen molar-refractivity contribution in [3.05, 3.63) is 24.3 Å². The SMILES string of the molecule is COc1ccccc1NC(=S)NC1CCS(=O)(=O)C1. The van der Waals surface area contributed by atoms with Gasteiger partial charge < -0.3 is 15.4 Å². The first-order valence-electron chi connectivity index (χ1n) is 5.91. The van der Waals surface area contributed by atoms with E-state index in [0.29, 0.717) is 17.3 Å². The largest absolute Gasteiger partial charge is 0.495 e. The zero-order valence-corrected chi connectivity index (χ0v) is 12.2. The summed E-state index contributed by atoms with van der Waals surface area (Å²) in [7, 11) is -1.32. The van der Waals surface area contributed by atoms with E-state index >= 15 is 0 Å². The first-order chi connectivity index (χ1) is 9.00. The average Bonchev–Trinajstić information content (AvgIpc) is 2.69. The second-order valence-electron chi connectivity index (χ2n) is 4.40. The number of hydrogen-bond donors (Lipinski definition) is 2. The van der Waals surface area contributed by atoms with Gasteiger partial charge in [0.1, 0.15) is 5.75 Å². The average molecular weight is 300 g/mol. The van der Waals surface area contributed by atoms with Crippen molar-refractivity contribution in [3.63, 3.8) is 0 Å². The highest BCUT2D eigenvalue weighted by atomic mass is 32.2. The molecule has 7 heteroatoms. The Bertz CT molecular complexity index is 572. The summed E-state index contributed by atoms with van der Waals surface area (Å²) < 4.78 is 27.9. The molecule has 1 unspecified atom stereocenters. The van der Waals surface area contributed by atoms with Crippen LogP contribution in [0, 0.1) is 0 Å². The van der Waals surface area contributed by atoms with Crippen LogP contribution in [0.5, 0.6) is 5.75 Å². The van der Waals surface area contributed by atoms with E-state index < -0.39 is 9.84 Å². The van der Waals surface area contributed by atoms with E-state index in [1.807, 2.05) is 24.3 Å². The Morgan fingerprint density at radius 1 is 1.42 bits per heavy atom. The standard InChI is InChI=1S/C12H16N2O3S2/c1-17-11-5-3-2-4-10(11)14-12(18)13-9-6-7-19(15,16)8-9/h2-5,9H,6-8H2,1H3,(H2,13,14,18). The smallest absolute Gasteiger partial charge is 0.171 e. The number of rotatable bonds is 3. The number of benzene rings is 1. The van der Waals surface area contributed by atoms with Crippen LogP contribution in [0.3, 0.4) is 0 Å². The highest BCUT2D eigenvalue weighted by Gasteiger charge is 2.28. The van der Waals surface area contributed by atoms with Gasteiger partial charge in [0, 0.05) is 6.04 Å². The van der Waals surface area contributed by atoms with Gasteiger partial charge in [-0.3, -0.25) is 0 Å². The lowest BCUT2D eigenvalue weighted by Gasteiger charge is -2.16. The lowest BCUT2D eigenvalue weighted by molar-refractivity contribution is 0.417. The molecule has 1 heterocycles. The molecule has 1 aliphatic rings. The Labute approximate surface area is 118 Å². The van der Waals surface area contributed by atoms with E-state index in [-0.39, 0.29) is 17.5 Å². The van der Waals surface area contributed by atoms with Crippen molar-refractivity contribution in [1.82, 2.24) is 5.32 Å². The maximum Gasteiger partial charge on any atom is 0.171 e. The van der Waals surface area contributed by atoms with E-state index in [2.05, 4.69) is 10.6 Å². The molecule has 1 aliphatic heterocycles. The lowest BCUT2D eigenvalue weighted by Crippen LogP contribution is -2.38. The number of ether oxygens (including phenoxy) is 1. The first kappa shape index (κ1) is 14.1. The number of para-hydroxylation sites is 2. The molecule has 0 amide bonds. The third-order valence-electron chi connectivity index (χ3n) is 2.92. The van der Waals surface area contributed by atoms with E-state index in [1.54, 1.807) is 7.11 Å². The van der Waals surface area contributed by atoms with E-state index in [1.165, 1.54) is 0 Å². The molecule has 19 heavy (non-hydrogen) atoms. The molecule has 0 saturated carbocycles. The van der Waals surface area contributed by atoms with Gasteiger partial charge in [0.25, 0.3) is 0 Å². The highest BCUT2D eigenvalue weighted by molar-refractivity contribution is 7.91. The molecule has 2 rings (SSSR count). The molecule has 0 radical (unpaired) electrons. The van der Waals surface area contributed by atoms with Gasteiger partial charge in [-0.15, -0.1) is 0 Å². The Kier molecular flexibility index (Phi) is 4.26. The van der Waals surface area contributed by atoms with Gasteiger partial charge in [0.2, 0.25) is 0 Å². The van der Waals surface area contributed by atoms with Gasteiger partial charge in [0.15, 0.2) is 14.9 Å². The molecule has 1 saturated heterocycles. The summed E-state index contributed by atoms with van der Waals surface area (Å²) in [4.78, 5) is 0. The molecular formula is C12H16N2O3S2. The molecule has 104 valence electrons. The second kappa shape index (κ2) is 5.75. The molecule has 0 spiro atoms. The number of methoxy groups -OCH3 is 1. The van der Waals surface area contributed by atoms with Crippen molar-refractivity contribution in [1.29, 1.82) is 0 Å². The predicted octanol–water partition coefficient (Wildman–Crippen LogP) is 1.17. The van der Waals surface area contributed by atoms with Crippen LogP contribution in [0.1, 0.15) is 6.42 Å². The summed E-state index contributed by atoms with van der Waals surface area (Å²) in [6.07, 6.45) is 0.593. The molecule has 1 aromatic carbocycles. The van der Waals surface area contributed by atoms with Crippen molar-refractivity contribution in [2.45, 2.75) is 12.5 Å². The number of thiocarbonyl (C=S) groups is 1. The zero-order chi connectivity index (χ0) is 13.9. The molecule has 1 aromatic rings. The summed E-state index contributed by atoms with van der Waals surface area (Å²) >= 11 is 5.18.